The molecule has 0 bridgehead atoms. The third-order valence-electron chi connectivity index (χ3n) is 3.25. The largest absolute Gasteiger partial charge is 0.481 e. The highest BCUT2D eigenvalue weighted by atomic mass is 16.4. The number of hydrogen-bond donors (Lipinski definition) is 2. The van der Waals surface area contributed by atoms with Gasteiger partial charge in [-0.15, -0.1) is 0 Å². The van der Waals surface area contributed by atoms with Crippen molar-refractivity contribution in [2.75, 3.05) is 6.54 Å². The third-order valence-corrected chi connectivity index (χ3v) is 3.25. The molecule has 1 amide bonds. The normalized spacial score (nSPS) is 10.9. The van der Waals surface area contributed by atoms with E-state index in [0.29, 0.717) is 5.56 Å². The summed E-state index contributed by atoms with van der Waals surface area (Å²) >= 11 is 0. The maximum absolute atomic E-state index is 12.5. The summed E-state index contributed by atoms with van der Waals surface area (Å²) in [5.41, 5.74) is 1.47. The number of H-pyrrole nitrogens is 1. The Labute approximate surface area is 117 Å². The standard InChI is InChI=1S/C15H18N2O3/c1-10(2)17(8-6-14(18)19)15(20)12-4-3-11-5-7-16-13(11)9-12/h3-5,7,9-10,16H,6,8H2,1-2H3,(H,18,19). The van der Waals surface area contributed by atoms with Crippen molar-refractivity contribution < 1.29 is 14.7 Å². The fourth-order valence-corrected chi connectivity index (χ4v) is 2.16. The highest BCUT2D eigenvalue weighted by molar-refractivity contribution is 5.98. The van der Waals surface area contributed by atoms with E-state index in [0.717, 1.165) is 10.9 Å². The van der Waals surface area contributed by atoms with Gasteiger partial charge in [-0.3, -0.25) is 9.59 Å². The number of carboxylic acid groups (broad SMARTS) is 1. The fourth-order valence-electron chi connectivity index (χ4n) is 2.16. The Hall–Kier alpha value is -2.30. The van der Waals surface area contributed by atoms with Crippen LogP contribution >= 0.6 is 0 Å². The highest BCUT2D eigenvalue weighted by Gasteiger charge is 2.19. The van der Waals surface area contributed by atoms with Gasteiger partial charge < -0.3 is 15.0 Å². The Morgan fingerprint density at radius 1 is 1.30 bits per heavy atom. The van der Waals surface area contributed by atoms with Gasteiger partial charge in [0.2, 0.25) is 0 Å². The molecule has 2 N–H and O–H groups in total. The van der Waals surface area contributed by atoms with Gasteiger partial charge in [0, 0.05) is 29.9 Å². The van der Waals surface area contributed by atoms with Crippen molar-refractivity contribution in [3.63, 3.8) is 0 Å². The average molecular weight is 274 g/mol. The van der Waals surface area contributed by atoms with Crippen molar-refractivity contribution in [3.8, 4) is 0 Å². The predicted molar refractivity (Wildman–Crippen MR) is 76.7 cm³/mol. The van der Waals surface area contributed by atoms with Gasteiger partial charge in [0.1, 0.15) is 0 Å². The molecule has 0 radical (unpaired) electrons. The maximum atomic E-state index is 12.5. The Balaban J connectivity index is 2.23. The van der Waals surface area contributed by atoms with E-state index in [2.05, 4.69) is 4.98 Å². The minimum Gasteiger partial charge on any atom is -0.481 e. The summed E-state index contributed by atoms with van der Waals surface area (Å²) < 4.78 is 0. The Morgan fingerprint density at radius 3 is 2.70 bits per heavy atom. The summed E-state index contributed by atoms with van der Waals surface area (Å²) in [6.07, 6.45) is 1.78. The summed E-state index contributed by atoms with van der Waals surface area (Å²) in [6.45, 7) is 3.98. The van der Waals surface area contributed by atoms with Crippen LogP contribution in [0, 0.1) is 0 Å². The summed E-state index contributed by atoms with van der Waals surface area (Å²) in [7, 11) is 0. The number of fused-ring (bicyclic) bond motifs is 1. The van der Waals surface area contributed by atoms with Gasteiger partial charge in [-0.25, -0.2) is 0 Å². The molecule has 5 nitrogen and oxygen atoms in total. The quantitative estimate of drug-likeness (QED) is 0.879. The number of benzene rings is 1. The van der Waals surface area contributed by atoms with Crippen molar-refractivity contribution in [2.24, 2.45) is 0 Å². The zero-order valence-corrected chi connectivity index (χ0v) is 11.6. The lowest BCUT2D eigenvalue weighted by Crippen LogP contribution is -2.38. The van der Waals surface area contributed by atoms with Crippen LogP contribution in [0.3, 0.4) is 0 Å². The number of aromatic amines is 1. The van der Waals surface area contributed by atoms with Gasteiger partial charge in [-0.05, 0) is 37.4 Å². The van der Waals surface area contributed by atoms with Crippen LogP contribution in [-0.2, 0) is 4.79 Å². The van der Waals surface area contributed by atoms with Crippen molar-refractivity contribution in [1.82, 2.24) is 9.88 Å². The Morgan fingerprint density at radius 2 is 2.05 bits per heavy atom. The topological polar surface area (TPSA) is 73.4 Å². The van der Waals surface area contributed by atoms with Crippen molar-refractivity contribution in [1.29, 1.82) is 0 Å². The molecule has 1 aromatic carbocycles. The minimum absolute atomic E-state index is 0.0406. The maximum Gasteiger partial charge on any atom is 0.305 e. The zero-order chi connectivity index (χ0) is 14.7. The molecule has 20 heavy (non-hydrogen) atoms. The molecule has 5 heteroatoms. The molecule has 2 aromatic rings. The number of rotatable bonds is 5. The van der Waals surface area contributed by atoms with Crippen LogP contribution in [0.5, 0.6) is 0 Å². The SMILES string of the molecule is CC(C)N(CCC(=O)O)C(=O)c1ccc2cc[nH]c2c1. The second-order valence-corrected chi connectivity index (χ2v) is 5.02. The molecule has 0 aliphatic rings. The first-order chi connectivity index (χ1) is 9.49. The second kappa shape index (κ2) is 5.77. The van der Waals surface area contributed by atoms with E-state index in [4.69, 9.17) is 5.11 Å². The molecule has 0 saturated carbocycles. The number of carbonyl (C=O) groups is 2. The van der Waals surface area contributed by atoms with Crippen LogP contribution in [0.15, 0.2) is 30.5 Å². The molecule has 0 fully saturated rings. The number of aromatic nitrogens is 1. The molecule has 2 rings (SSSR count). The summed E-state index contributed by atoms with van der Waals surface area (Å²) in [5, 5.41) is 9.81. The van der Waals surface area contributed by atoms with Gasteiger partial charge in [0.25, 0.3) is 5.91 Å². The molecular formula is C15H18N2O3. The van der Waals surface area contributed by atoms with Crippen molar-refractivity contribution in [3.05, 3.63) is 36.0 Å². The van der Waals surface area contributed by atoms with E-state index >= 15 is 0 Å². The summed E-state index contributed by atoms with van der Waals surface area (Å²) in [4.78, 5) is 27.8. The molecule has 0 aliphatic carbocycles. The molecule has 0 aliphatic heterocycles. The van der Waals surface area contributed by atoms with Crippen LogP contribution in [0.2, 0.25) is 0 Å². The van der Waals surface area contributed by atoms with Crippen LogP contribution in [0.1, 0.15) is 30.6 Å². The molecule has 1 aromatic heterocycles. The lowest BCUT2D eigenvalue weighted by Gasteiger charge is -2.26. The first-order valence-electron chi connectivity index (χ1n) is 6.59. The zero-order valence-electron chi connectivity index (χ0n) is 11.6. The third kappa shape index (κ3) is 2.99. The number of nitrogens with one attached hydrogen (secondary N) is 1. The van der Waals surface area contributed by atoms with E-state index in [1.807, 2.05) is 32.2 Å². The minimum atomic E-state index is -0.900. The van der Waals surface area contributed by atoms with Gasteiger partial charge in [0.15, 0.2) is 0 Å². The number of carbonyl (C=O) groups excluding carboxylic acids is 1. The number of nitrogens with zero attached hydrogens (tertiary/aromatic N) is 1. The van der Waals surface area contributed by atoms with Gasteiger partial charge in [-0.2, -0.15) is 0 Å². The molecular weight excluding hydrogens is 256 g/mol. The first kappa shape index (κ1) is 14.1. The van der Waals surface area contributed by atoms with Crippen molar-refractivity contribution in [2.45, 2.75) is 26.3 Å². The van der Waals surface area contributed by atoms with Gasteiger partial charge in [-0.1, -0.05) is 6.07 Å². The monoisotopic (exact) mass is 274 g/mol. The second-order valence-electron chi connectivity index (χ2n) is 5.02. The van der Waals surface area contributed by atoms with Gasteiger partial charge in [0.05, 0.1) is 6.42 Å². The van der Waals surface area contributed by atoms with E-state index in [9.17, 15) is 9.59 Å². The summed E-state index contributed by atoms with van der Waals surface area (Å²) in [5.74, 6) is -1.04. The molecule has 106 valence electrons. The smallest absolute Gasteiger partial charge is 0.305 e. The van der Waals surface area contributed by atoms with E-state index in [1.54, 1.807) is 17.0 Å². The molecule has 0 spiro atoms. The van der Waals surface area contributed by atoms with Crippen LogP contribution < -0.4 is 0 Å². The summed E-state index contributed by atoms with van der Waals surface area (Å²) in [6, 6.07) is 7.35. The molecule has 0 unspecified atom stereocenters. The highest BCUT2D eigenvalue weighted by Crippen LogP contribution is 2.16. The van der Waals surface area contributed by atoms with Crippen molar-refractivity contribution >= 4 is 22.8 Å². The molecule has 0 atom stereocenters. The van der Waals surface area contributed by atoms with Crippen LogP contribution in [0.4, 0.5) is 0 Å². The van der Waals surface area contributed by atoms with E-state index in [-0.39, 0.29) is 24.9 Å². The Bertz CT molecular complexity index is 631. The fraction of sp³-hybridized carbons (Fsp3) is 0.333. The van der Waals surface area contributed by atoms with Gasteiger partial charge >= 0.3 is 5.97 Å². The van der Waals surface area contributed by atoms with Crippen LogP contribution in [-0.4, -0.2) is 39.5 Å². The lowest BCUT2D eigenvalue weighted by atomic mass is 10.1. The van der Waals surface area contributed by atoms with E-state index in [1.165, 1.54) is 0 Å². The molecule has 0 saturated heterocycles. The number of hydrogen-bond acceptors (Lipinski definition) is 2. The number of carboxylic acids is 1. The lowest BCUT2D eigenvalue weighted by molar-refractivity contribution is -0.137. The Kier molecular flexibility index (Phi) is 4.08. The first-order valence-corrected chi connectivity index (χ1v) is 6.59. The average Bonchev–Trinajstić information content (AvgIpc) is 2.84. The molecule has 1 heterocycles. The number of amides is 1. The number of aliphatic carboxylic acids is 1. The van der Waals surface area contributed by atoms with Crippen LogP contribution in [0.25, 0.3) is 10.9 Å². The predicted octanol–water partition coefficient (Wildman–Crippen LogP) is 2.49. The van der Waals surface area contributed by atoms with E-state index < -0.39 is 5.97 Å².